The summed E-state index contributed by atoms with van der Waals surface area (Å²) < 4.78 is 63.8. The zero-order valence-corrected chi connectivity index (χ0v) is 26.4. The third kappa shape index (κ3) is 8.26. The molecule has 0 radical (unpaired) electrons. The highest BCUT2D eigenvalue weighted by Crippen LogP contribution is 2.54. The van der Waals surface area contributed by atoms with Gasteiger partial charge in [0.25, 0.3) is 0 Å². The summed E-state index contributed by atoms with van der Waals surface area (Å²) in [5, 5.41) is 8.78. The fourth-order valence-electron chi connectivity index (χ4n) is 6.19. The Morgan fingerprint density at radius 3 is 2.36 bits per heavy atom. The topological polar surface area (TPSA) is 112 Å². The van der Waals surface area contributed by atoms with Gasteiger partial charge in [-0.3, -0.25) is 24.5 Å². The first-order valence-corrected chi connectivity index (χ1v) is 17.0. The van der Waals surface area contributed by atoms with E-state index in [-0.39, 0.29) is 36.4 Å². The third-order valence-corrected chi connectivity index (χ3v) is 9.49. The zero-order chi connectivity index (χ0) is 32.1. The van der Waals surface area contributed by atoms with Gasteiger partial charge in [-0.2, -0.15) is 8.42 Å². The van der Waals surface area contributed by atoms with Crippen LogP contribution in [0.2, 0.25) is 0 Å². The Kier molecular flexibility index (Phi) is 10.2. The number of nitrogens with one attached hydrogen (secondary N) is 3. The SMILES string of the molecule is CCCCC(=N)N(Cc1ccc(-c2ccccc2NS(=O)(=O)Nc2cc(F)cc(F)c2)c(COCC)c1)C(=O)C1CC2CC2C1. The Hall–Kier alpha value is -3.83. The van der Waals surface area contributed by atoms with Crippen LogP contribution < -0.4 is 9.44 Å². The molecule has 2 fully saturated rings. The highest BCUT2D eigenvalue weighted by atomic mass is 32.2. The maximum Gasteiger partial charge on any atom is 0.321 e. The van der Waals surface area contributed by atoms with Crippen LogP contribution >= 0.6 is 0 Å². The van der Waals surface area contributed by atoms with Crippen LogP contribution in [0.1, 0.15) is 63.5 Å². The van der Waals surface area contributed by atoms with Crippen molar-refractivity contribution in [3.8, 4) is 11.1 Å². The molecular formula is C34H40F2N4O4S. The van der Waals surface area contributed by atoms with Gasteiger partial charge in [0.05, 0.1) is 24.5 Å². The molecule has 11 heteroatoms. The van der Waals surface area contributed by atoms with Crippen molar-refractivity contribution < 1.29 is 26.7 Å². The molecule has 1 amide bonds. The second-order valence-corrected chi connectivity index (χ2v) is 13.4. The monoisotopic (exact) mass is 638 g/mol. The molecule has 2 atom stereocenters. The molecule has 2 aliphatic rings. The van der Waals surface area contributed by atoms with E-state index in [0.29, 0.717) is 42.3 Å². The van der Waals surface area contributed by atoms with Gasteiger partial charge in [0.15, 0.2) is 0 Å². The van der Waals surface area contributed by atoms with Gasteiger partial charge in [-0.1, -0.05) is 49.7 Å². The minimum Gasteiger partial charge on any atom is -0.377 e. The largest absolute Gasteiger partial charge is 0.377 e. The highest BCUT2D eigenvalue weighted by molar-refractivity contribution is 7.94. The lowest BCUT2D eigenvalue weighted by Gasteiger charge is -2.27. The first kappa shape index (κ1) is 32.6. The van der Waals surface area contributed by atoms with E-state index >= 15 is 0 Å². The molecule has 0 heterocycles. The summed E-state index contributed by atoms with van der Waals surface area (Å²) in [5.41, 5.74) is 2.93. The van der Waals surface area contributed by atoms with Crippen LogP contribution in [0.3, 0.4) is 0 Å². The van der Waals surface area contributed by atoms with Gasteiger partial charge in [-0.05, 0) is 79.3 Å². The molecule has 2 aliphatic carbocycles. The van der Waals surface area contributed by atoms with Crippen LogP contribution in [0.25, 0.3) is 11.1 Å². The summed E-state index contributed by atoms with van der Waals surface area (Å²) in [6.45, 7) is 4.93. The smallest absolute Gasteiger partial charge is 0.321 e. The van der Waals surface area contributed by atoms with E-state index in [1.807, 2.05) is 25.1 Å². The molecule has 45 heavy (non-hydrogen) atoms. The van der Waals surface area contributed by atoms with E-state index in [1.165, 1.54) is 6.42 Å². The number of fused-ring (bicyclic) bond motifs is 1. The number of amidine groups is 1. The predicted octanol–water partition coefficient (Wildman–Crippen LogP) is 7.48. The van der Waals surface area contributed by atoms with Crippen molar-refractivity contribution in [2.75, 3.05) is 16.1 Å². The van der Waals surface area contributed by atoms with E-state index in [0.717, 1.165) is 54.5 Å². The second-order valence-electron chi connectivity index (χ2n) is 11.9. The molecule has 0 bridgehead atoms. The van der Waals surface area contributed by atoms with Gasteiger partial charge in [-0.25, -0.2) is 8.78 Å². The average molecular weight is 639 g/mol. The maximum absolute atomic E-state index is 13.7. The molecular weight excluding hydrogens is 598 g/mol. The van der Waals surface area contributed by atoms with E-state index in [9.17, 15) is 22.0 Å². The molecule has 3 N–H and O–H groups in total. The van der Waals surface area contributed by atoms with E-state index in [2.05, 4.69) is 16.4 Å². The fraction of sp³-hybridized carbons (Fsp3) is 0.412. The normalized spacial score (nSPS) is 18.7. The number of para-hydroxylation sites is 1. The molecule has 2 saturated carbocycles. The number of nitrogens with zero attached hydrogens (tertiary/aromatic N) is 1. The molecule has 2 unspecified atom stereocenters. The summed E-state index contributed by atoms with van der Waals surface area (Å²) >= 11 is 0. The van der Waals surface area contributed by atoms with Crippen LogP contribution in [-0.2, 0) is 32.9 Å². The Morgan fingerprint density at radius 1 is 0.956 bits per heavy atom. The van der Waals surface area contributed by atoms with Crippen molar-refractivity contribution in [3.63, 3.8) is 0 Å². The lowest BCUT2D eigenvalue weighted by atomic mass is 9.96. The molecule has 0 aromatic heterocycles. The number of carbonyl (C=O) groups is 1. The molecule has 5 rings (SSSR count). The average Bonchev–Trinajstić information content (AvgIpc) is 3.60. The molecule has 0 aliphatic heterocycles. The van der Waals surface area contributed by atoms with Gasteiger partial charge in [0.2, 0.25) is 5.91 Å². The highest BCUT2D eigenvalue weighted by Gasteiger charge is 2.49. The first-order chi connectivity index (χ1) is 21.6. The van der Waals surface area contributed by atoms with Crippen LogP contribution in [0, 0.1) is 34.8 Å². The number of rotatable bonds is 14. The molecule has 8 nitrogen and oxygen atoms in total. The van der Waals surface area contributed by atoms with Crippen molar-refractivity contribution in [3.05, 3.63) is 83.4 Å². The van der Waals surface area contributed by atoms with Gasteiger partial charge in [0, 0.05) is 30.6 Å². The third-order valence-electron chi connectivity index (χ3n) is 8.50. The molecule has 3 aromatic rings. The summed E-state index contributed by atoms with van der Waals surface area (Å²) in [4.78, 5) is 15.3. The quantitative estimate of drug-likeness (QED) is 0.126. The number of unbranched alkanes of at least 4 members (excludes halogenated alkanes) is 1. The Morgan fingerprint density at radius 2 is 1.67 bits per heavy atom. The number of carbonyl (C=O) groups excluding carboxylic acids is 1. The van der Waals surface area contributed by atoms with Crippen molar-refractivity contribution in [1.82, 2.24) is 4.90 Å². The minimum absolute atomic E-state index is 0.0316. The minimum atomic E-state index is -4.27. The number of hydrogen-bond acceptors (Lipinski definition) is 5. The van der Waals surface area contributed by atoms with Gasteiger partial charge < -0.3 is 4.74 Å². The molecule has 0 saturated heterocycles. The zero-order valence-electron chi connectivity index (χ0n) is 25.6. The fourth-order valence-corrected chi connectivity index (χ4v) is 7.14. The lowest BCUT2D eigenvalue weighted by Crippen LogP contribution is -2.39. The summed E-state index contributed by atoms with van der Waals surface area (Å²) in [5.74, 6) is -0.165. The molecule has 3 aromatic carbocycles. The standard InChI is InChI=1S/C34H40F2N4O4S/c1-3-5-10-33(37)40(34(41)25-15-23-14-24(23)16-25)20-22-11-12-30(26(13-22)21-44-4-2)31-8-6-7-9-32(31)39-45(42,43)38-29-18-27(35)17-28(36)19-29/h6-9,11-13,17-19,23-25,37-39H,3-5,10,14-16,20-21H2,1-2H3. The van der Waals surface area contributed by atoms with Crippen molar-refractivity contribution in [1.29, 1.82) is 5.41 Å². The number of amides is 1. The summed E-state index contributed by atoms with van der Waals surface area (Å²) in [7, 11) is -4.27. The molecule has 0 spiro atoms. The Balaban J connectivity index is 1.42. The van der Waals surface area contributed by atoms with E-state index in [4.69, 9.17) is 10.1 Å². The first-order valence-electron chi connectivity index (χ1n) is 15.5. The van der Waals surface area contributed by atoms with Gasteiger partial charge >= 0.3 is 10.2 Å². The van der Waals surface area contributed by atoms with Gasteiger partial charge in [-0.15, -0.1) is 0 Å². The van der Waals surface area contributed by atoms with Crippen molar-refractivity contribution >= 4 is 33.3 Å². The summed E-state index contributed by atoms with van der Waals surface area (Å²) in [6, 6.07) is 15.0. The van der Waals surface area contributed by atoms with Crippen LogP contribution in [0.4, 0.5) is 20.2 Å². The number of halogens is 2. The van der Waals surface area contributed by atoms with Crippen molar-refractivity contribution in [2.24, 2.45) is 17.8 Å². The molecule has 240 valence electrons. The second kappa shape index (κ2) is 14.1. The van der Waals surface area contributed by atoms with Crippen LogP contribution in [-0.4, -0.2) is 31.7 Å². The van der Waals surface area contributed by atoms with E-state index < -0.39 is 21.8 Å². The Labute approximate surface area is 263 Å². The predicted molar refractivity (Wildman–Crippen MR) is 172 cm³/mol. The van der Waals surface area contributed by atoms with Crippen LogP contribution in [0.15, 0.2) is 60.7 Å². The Bertz CT molecular complexity index is 1640. The number of benzene rings is 3. The lowest BCUT2D eigenvalue weighted by molar-refractivity contribution is -0.132. The number of anilines is 2. The van der Waals surface area contributed by atoms with E-state index in [1.54, 1.807) is 29.2 Å². The summed E-state index contributed by atoms with van der Waals surface area (Å²) in [6.07, 6.45) is 5.34. The number of hydrogen-bond donors (Lipinski definition) is 3. The number of ether oxygens (including phenoxy) is 1. The van der Waals surface area contributed by atoms with Crippen molar-refractivity contribution in [2.45, 2.75) is 65.5 Å². The van der Waals surface area contributed by atoms with Crippen LogP contribution in [0.5, 0.6) is 0 Å². The maximum atomic E-state index is 13.7. The van der Waals surface area contributed by atoms with Gasteiger partial charge in [0.1, 0.15) is 17.5 Å².